The molecule has 13 heteroatoms. The van der Waals surface area contributed by atoms with Crippen LogP contribution in [0.4, 0.5) is 11.4 Å². The molecular formula is C33H42N8O5. The molecule has 244 valence electrons. The quantitative estimate of drug-likeness (QED) is 0.245. The first kappa shape index (κ1) is 30.5. The van der Waals surface area contributed by atoms with Crippen molar-refractivity contribution in [3.8, 4) is 11.4 Å². The van der Waals surface area contributed by atoms with Gasteiger partial charge in [-0.25, -0.2) is 14.0 Å². The maximum absolute atomic E-state index is 12.8. The molecule has 0 spiro atoms. The molecule has 0 radical (unpaired) electrons. The highest BCUT2D eigenvalue weighted by atomic mass is 16.8. The fourth-order valence-corrected chi connectivity index (χ4v) is 6.42. The Morgan fingerprint density at radius 1 is 0.935 bits per heavy atom. The van der Waals surface area contributed by atoms with Crippen LogP contribution in [0.2, 0.25) is 0 Å². The highest BCUT2D eigenvalue weighted by Gasteiger charge is 2.51. The number of hydrogen-bond donors (Lipinski definition) is 0. The molecule has 4 aromatic rings. The molecule has 3 saturated heterocycles. The fourth-order valence-electron chi connectivity index (χ4n) is 6.42. The Balaban J connectivity index is 0.901. The van der Waals surface area contributed by atoms with Crippen LogP contribution in [0, 0.1) is 0 Å². The first-order valence-electron chi connectivity index (χ1n) is 16.3. The summed E-state index contributed by atoms with van der Waals surface area (Å²) in [5.41, 5.74) is 3.04. The molecule has 3 fully saturated rings. The Kier molecular flexibility index (Phi) is 8.78. The van der Waals surface area contributed by atoms with Crippen molar-refractivity contribution < 1.29 is 18.9 Å². The Bertz CT molecular complexity index is 1610. The van der Waals surface area contributed by atoms with Crippen molar-refractivity contribution in [2.75, 3.05) is 55.8 Å². The van der Waals surface area contributed by atoms with Gasteiger partial charge in [-0.1, -0.05) is 6.92 Å². The van der Waals surface area contributed by atoms with E-state index in [1.807, 2.05) is 31.2 Å². The normalized spacial score (nSPS) is 24.0. The molecule has 2 unspecified atom stereocenters. The molecular weight excluding hydrogens is 588 g/mol. The average Bonchev–Trinajstić information content (AvgIpc) is 3.93. The summed E-state index contributed by atoms with van der Waals surface area (Å²) < 4.78 is 27.9. The summed E-state index contributed by atoms with van der Waals surface area (Å²) in [6, 6.07) is 16.5. The van der Waals surface area contributed by atoms with Crippen molar-refractivity contribution in [2.24, 2.45) is 0 Å². The van der Waals surface area contributed by atoms with E-state index >= 15 is 0 Å². The van der Waals surface area contributed by atoms with Crippen LogP contribution in [0.3, 0.4) is 0 Å². The maximum atomic E-state index is 12.8. The Morgan fingerprint density at radius 3 is 2.22 bits per heavy atom. The third-order valence-corrected chi connectivity index (χ3v) is 9.24. The van der Waals surface area contributed by atoms with Gasteiger partial charge < -0.3 is 28.7 Å². The molecule has 2 aromatic heterocycles. The van der Waals surface area contributed by atoms with Crippen LogP contribution in [-0.4, -0.2) is 93.3 Å². The van der Waals surface area contributed by atoms with E-state index in [0.717, 1.165) is 62.6 Å². The van der Waals surface area contributed by atoms with Gasteiger partial charge in [0.15, 0.2) is 0 Å². The van der Waals surface area contributed by atoms with Gasteiger partial charge in [-0.05, 0) is 74.7 Å². The fraction of sp³-hybridized carbons (Fsp3) is 0.515. The summed E-state index contributed by atoms with van der Waals surface area (Å²) in [5, 5.41) is 12.8. The van der Waals surface area contributed by atoms with Crippen molar-refractivity contribution in [1.82, 2.24) is 29.3 Å². The van der Waals surface area contributed by atoms with Crippen molar-refractivity contribution >= 4 is 11.4 Å². The summed E-state index contributed by atoms with van der Waals surface area (Å²) in [6.07, 6.45) is 7.26. The molecule has 0 N–H and O–H groups in total. The minimum absolute atomic E-state index is 0.0737. The van der Waals surface area contributed by atoms with Crippen LogP contribution in [0.25, 0.3) is 5.69 Å². The summed E-state index contributed by atoms with van der Waals surface area (Å²) in [7, 11) is 0. The van der Waals surface area contributed by atoms with Crippen molar-refractivity contribution in [3.05, 3.63) is 77.7 Å². The second-order valence-corrected chi connectivity index (χ2v) is 12.2. The number of aromatic nitrogens is 6. The highest BCUT2D eigenvalue weighted by Crippen LogP contribution is 2.36. The van der Waals surface area contributed by atoms with Gasteiger partial charge in [-0.2, -0.15) is 20.1 Å². The van der Waals surface area contributed by atoms with Gasteiger partial charge in [-0.15, -0.1) is 0 Å². The summed E-state index contributed by atoms with van der Waals surface area (Å²) >= 11 is 0. The van der Waals surface area contributed by atoms with E-state index in [9.17, 15) is 4.79 Å². The topological polar surface area (TPSA) is 114 Å². The SMILES string of the molecule is CCC(C)n1ncn(-c2ccc(N3CCN(c4ccc(OC[C@@H]5CO[C@@](Cn6nccn6)(C6CCCO6)O5)cc4)CC3)cc2)c1=O. The molecule has 3 aliphatic heterocycles. The highest BCUT2D eigenvalue weighted by molar-refractivity contribution is 5.54. The van der Waals surface area contributed by atoms with Gasteiger partial charge >= 0.3 is 5.69 Å². The number of benzene rings is 2. The third kappa shape index (κ3) is 6.26. The molecule has 4 atom stereocenters. The van der Waals surface area contributed by atoms with E-state index in [2.05, 4.69) is 56.3 Å². The van der Waals surface area contributed by atoms with Crippen LogP contribution in [0.15, 0.2) is 72.0 Å². The summed E-state index contributed by atoms with van der Waals surface area (Å²) in [5.74, 6) is -0.114. The predicted molar refractivity (Wildman–Crippen MR) is 172 cm³/mol. The van der Waals surface area contributed by atoms with Gasteiger partial charge in [0.1, 0.15) is 37.4 Å². The smallest absolute Gasteiger partial charge is 0.350 e. The summed E-state index contributed by atoms with van der Waals surface area (Å²) in [4.78, 5) is 19.1. The lowest BCUT2D eigenvalue weighted by atomic mass is 10.1. The lowest BCUT2D eigenvalue weighted by Crippen LogP contribution is -2.48. The second kappa shape index (κ2) is 13.3. The zero-order valence-corrected chi connectivity index (χ0v) is 26.5. The number of piperazine rings is 1. The zero-order valence-electron chi connectivity index (χ0n) is 26.5. The standard InChI is InChI=1S/C33H42N8O5/c1-3-25(2)41-32(42)39(24-36-41)28-8-6-26(7-9-28)37-16-18-38(19-17-37)27-10-12-29(13-11-27)44-21-30-22-45-33(46-30,31-5-4-20-43-31)23-40-34-14-15-35-40/h6-15,24-25,30-31H,3-5,16-23H2,1-2H3/t25?,30-,31?,33-/m1/s1. The van der Waals surface area contributed by atoms with E-state index in [0.29, 0.717) is 26.4 Å². The minimum atomic E-state index is -0.908. The maximum Gasteiger partial charge on any atom is 0.350 e. The largest absolute Gasteiger partial charge is 0.491 e. The van der Waals surface area contributed by atoms with Gasteiger partial charge in [0.2, 0.25) is 5.79 Å². The second-order valence-electron chi connectivity index (χ2n) is 12.2. The first-order chi connectivity index (χ1) is 22.5. The molecule has 0 amide bonds. The molecule has 0 bridgehead atoms. The Labute approximate surface area is 268 Å². The van der Waals surface area contributed by atoms with Gasteiger partial charge in [0, 0.05) is 44.2 Å². The van der Waals surface area contributed by atoms with Crippen LogP contribution in [-0.2, 0) is 20.8 Å². The van der Waals surface area contributed by atoms with Gasteiger partial charge in [0.05, 0.1) is 30.7 Å². The van der Waals surface area contributed by atoms with E-state index in [1.165, 1.54) is 5.69 Å². The van der Waals surface area contributed by atoms with Crippen molar-refractivity contribution in [2.45, 2.75) is 63.7 Å². The molecule has 0 aliphatic carbocycles. The summed E-state index contributed by atoms with van der Waals surface area (Å²) in [6.45, 7) is 9.58. The van der Waals surface area contributed by atoms with Crippen LogP contribution in [0.5, 0.6) is 5.75 Å². The van der Waals surface area contributed by atoms with E-state index in [4.69, 9.17) is 18.9 Å². The minimum Gasteiger partial charge on any atom is -0.491 e. The Morgan fingerprint density at radius 2 is 1.59 bits per heavy atom. The molecule has 46 heavy (non-hydrogen) atoms. The number of anilines is 2. The molecule has 3 aliphatic rings. The molecule has 5 heterocycles. The zero-order chi connectivity index (χ0) is 31.5. The number of hydrogen-bond acceptors (Lipinski definition) is 10. The third-order valence-electron chi connectivity index (χ3n) is 9.24. The number of rotatable bonds is 11. The van der Waals surface area contributed by atoms with E-state index < -0.39 is 5.79 Å². The number of ether oxygens (including phenoxy) is 4. The molecule has 0 saturated carbocycles. The first-order valence-corrected chi connectivity index (χ1v) is 16.3. The van der Waals surface area contributed by atoms with Gasteiger partial charge in [-0.3, -0.25) is 0 Å². The predicted octanol–water partition coefficient (Wildman–Crippen LogP) is 3.29. The number of nitrogens with zero attached hydrogens (tertiary/aromatic N) is 8. The van der Waals surface area contributed by atoms with Crippen molar-refractivity contribution in [1.29, 1.82) is 0 Å². The van der Waals surface area contributed by atoms with Crippen molar-refractivity contribution in [3.63, 3.8) is 0 Å². The average molecular weight is 631 g/mol. The van der Waals surface area contributed by atoms with Crippen LogP contribution in [0.1, 0.15) is 39.2 Å². The molecule has 13 nitrogen and oxygen atoms in total. The Hall–Kier alpha value is -4.20. The lowest BCUT2D eigenvalue weighted by Gasteiger charge is -2.37. The monoisotopic (exact) mass is 630 g/mol. The molecule has 7 rings (SSSR count). The molecule has 2 aromatic carbocycles. The van der Waals surface area contributed by atoms with Gasteiger partial charge in [0.25, 0.3) is 0 Å². The van der Waals surface area contributed by atoms with E-state index in [1.54, 1.807) is 32.8 Å². The van der Waals surface area contributed by atoms with Crippen LogP contribution >= 0.6 is 0 Å². The van der Waals surface area contributed by atoms with E-state index in [-0.39, 0.29) is 23.9 Å². The van der Waals surface area contributed by atoms with Crippen LogP contribution < -0.4 is 20.2 Å². The lowest BCUT2D eigenvalue weighted by molar-refractivity contribution is -0.241.